The topological polar surface area (TPSA) is 35.4 Å². The molecule has 0 aromatic rings. The van der Waals surface area contributed by atoms with Crippen LogP contribution in [0.25, 0.3) is 0 Å². The van der Waals surface area contributed by atoms with Crippen LogP contribution in [0.1, 0.15) is 142 Å². The molecule has 1 aliphatic rings. The number of amides is 1. The van der Waals surface area contributed by atoms with Gasteiger partial charge in [0.25, 0.3) is 0 Å². The van der Waals surface area contributed by atoms with E-state index in [1.807, 2.05) is 0 Å². The van der Waals surface area contributed by atoms with E-state index in [1.165, 1.54) is 121 Å². The first-order valence-electron chi connectivity index (χ1n) is 16.1. The van der Waals surface area contributed by atoms with E-state index < -0.39 is 0 Å². The minimum atomic E-state index is 0.230. The van der Waals surface area contributed by atoms with Crippen LogP contribution in [0.5, 0.6) is 0 Å². The van der Waals surface area contributed by atoms with Gasteiger partial charge in [-0.3, -0.25) is 14.3 Å². The van der Waals surface area contributed by atoms with Crippen LogP contribution in [0.3, 0.4) is 0 Å². The number of nitrogens with zero attached hydrogens (tertiary/aromatic N) is 2. The molecule has 0 spiro atoms. The van der Waals surface area contributed by atoms with Crippen LogP contribution in [-0.4, -0.2) is 54.4 Å². The molecule has 4 heteroatoms. The zero-order valence-electron chi connectivity index (χ0n) is 25.1. The molecule has 1 N–H and O–H groups in total. The van der Waals surface area contributed by atoms with Gasteiger partial charge in [0.05, 0.1) is 13.6 Å². The van der Waals surface area contributed by atoms with Crippen molar-refractivity contribution in [3.63, 3.8) is 0 Å². The summed E-state index contributed by atoms with van der Waals surface area (Å²) in [6.07, 6.45) is 34.1. The van der Waals surface area contributed by atoms with Crippen molar-refractivity contribution in [2.24, 2.45) is 0 Å². The molecule has 0 saturated carbocycles. The molecular formula is C33H62N3O+. The maximum Gasteiger partial charge on any atom is 0.246 e. The molecule has 214 valence electrons. The number of likely N-dealkylation sites (N-methyl/N-ethyl adjacent to an activating group) is 1. The molecule has 0 aromatic heterocycles. The fraction of sp³-hybridized carbons (Fsp3) is 0.818. The smallest absolute Gasteiger partial charge is 0.246 e. The summed E-state index contributed by atoms with van der Waals surface area (Å²) in [6, 6.07) is 0. The quantitative estimate of drug-likeness (QED) is 0.0751. The fourth-order valence-corrected chi connectivity index (χ4v) is 5.05. The average Bonchev–Trinajstić information content (AvgIpc) is 3.24. The van der Waals surface area contributed by atoms with Crippen molar-refractivity contribution in [2.75, 3.05) is 33.2 Å². The summed E-state index contributed by atoms with van der Waals surface area (Å²) in [5, 5.41) is 3.17. The van der Waals surface area contributed by atoms with Crippen LogP contribution in [-0.2, 0) is 4.79 Å². The highest BCUT2D eigenvalue weighted by Crippen LogP contribution is 2.12. The minimum absolute atomic E-state index is 0.230. The molecule has 0 aliphatic carbocycles. The fourth-order valence-electron chi connectivity index (χ4n) is 5.05. The SMILES string of the molecule is CCCCC=CCCCCCCCC(=O)NCCN1CC[N+](C)=C1CCCCCCCC=CCCCC. The van der Waals surface area contributed by atoms with Crippen LogP contribution in [0.2, 0.25) is 0 Å². The number of amidine groups is 1. The van der Waals surface area contributed by atoms with E-state index in [-0.39, 0.29) is 5.91 Å². The van der Waals surface area contributed by atoms with Crippen molar-refractivity contribution >= 4 is 11.7 Å². The molecule has 0 fully saturated rings. The Kier molecular flexibility index (Phi) is 22.4. The zero-order valence-corrected chi connectivity index (χ0v) is 25.1. The highest BCUT2D eigenvalue weighted by molar-refractivity contribution is 5.78. The van der Waals surface area contributed by atoms with E-state index in [1.54, 1.807) is 0 Å². The molecule has 0 atom stereocenters. The summed E-state index contributed by atoms with van der Waals surface area (Å²) in [7, 11) is 2.22. The van der Waals surface area contributed by atoms with Gasteiger partial charge in [-0.2, -0.15) is 0 Å². The lowest BCUT2D eigenvalue weighted by molar-refractivity contribution is -0.487. The van der Waals surface area contributed by atoms with Crippen molar-refractivity contribution in [3.8, 4) is 0 Å². The average molecular weight is 517 g/mol. The highest BCUT2D eigenvalue weighted by Gasteiger charge is 2.27. The Morgan fingerprint density at radius 2 is 1.27 bits per heavy atom. The van der Waals surface area contributed by atoms with Crippen LogP contribution in [0.15, 0.2) is 24.3 Å². The summed E-state index contributed by atoms with van der Waals surface area (Å²) >= 11 is 0. The Balaban J connectivity index is 2.01. The van der Waals surface area contributed by atoms with Crippen LogP contribution >= 0.6 is 0 Å². The van der Waals surface area contributed by atoms with Crippen molar-refractivity contribution < 1.29 is 9.37 Å². The Morgan fingerprint density at radius 3 is 1.86 bits per heavy atom. The van der Waals surface area contributed by atoms with E-state index in [2.05, 4.69) is 60.0 Å². The van der Waals surface area contributed by atoms with Gasteiger partial charge >= 0.3 is 0 Å². The molecule has 37 heavy (non-hydrogen) atoms. The van der Waals surface area contributed by atoms with Crippen LogP contribution < -0.4 is 5.32 Å². The zero-order chi connectivity index (χ0) is 26.8. The van der Waals surface area contributed by atoms with Crippen LogP contribution in [0, 0.1) is 0 Å². The Hall–Kier alpha value is -1.58. The van der Waals surface area contributed by atoms with Gasteiger partial charge in [-0.15, -0.1) is 0 Å². The Morgan fingerprint density at radius 1 is 0.757 bits per heavy atom. The summed E-state index contributed by atoms with van der Waals surface area (Å²) in [4.78, 5) is 14.7. The van der Waals surface area contributed by atoms with Gasteiger partial charge in [0, 0.05) is 12.8 Å². The van der Waals surface area contributed by atoms with Gasteiger partial charge in [0.2, 0.25) is 11.7 Å². The van der Waals surface area contributed by atoms with Crippen molar-refractivity contribution in [1.29, 1.82) is 0 Å². The predicted molar refractivity (Wildman–Crippen MR) is 163 cm³/mol. The first-order valence-corrected chi connectivity index (χ1v) is 16.1. The predicted octanol–water partition coefficient (Wildman–Crippen LogP) is 8.41. The van der Waals surface area contributed by atoms with Gasteiger partial charge in [-0.1, -0.05) is 102 Å². The standard InChI is InChI=1S/C33H61N3O/c1-4-6-8-10-12-14-16-18-20-22-24-26-32(37)34-28-29-36-31-30-35(3)33(36)27-25-23-21-19-17-15-13-11-9-7-5-2/h10-13H,4-9,14-31H2,1-3H3/p+1. The largest absolute Gasteiger partial charge is 0.352 e. The van der Waals surface area contributed by atoms with E-state index in [9.17, 15) is 4.79 Å². The lowest BCUT2D eigenvalue weighted by atomic mass is 10.1. The minimum Gasteiger partial charge on any atom is -0.352 e. The second kappa shape index (κ2) is 24.7. The molecule has 0 radical (unpaired) electrons. The molecule has 4 nitrogen and oxygen atoms in total. The summed E-state index contributed by atoms with van der Waals surface area (Å²) < 4.78 is 2.42. The second-order valence-corrected chi connectivity index (χ2v) is 11.0. The number of carbonyl (C=O) groups is 1. The summed E-state index contributed by atoms with van der Waals surface area (Å²) in [5.41, 5.74) is 0. The third kappa shape index (κ3) is 19.2. The maximum atomic E-state index is 12.2. The van der Waals surface area contributed by atoms with E-state index >= 15 is 0 Å². The van der Waals surface area contributed by atoms with Gasteiger partial charge < -0.3 is 5.32 Å². The lowest BCUT2D eigenvalue weighted by Crippen LogP contribution is -2.37. The monoisotopic (exact) mass is 516 g/mol. The number of nitrogens with one attached hydrogen (secondary N) is 1. The number of hydrogen-bond donors (Lipinski definition) is 1. The molecule has 1 rings (SSSR count). The number of unbranched alkanes of at least 4 members (excludes halogenated alkanes) is 14. The van der Waals surface area contributed by atoms with Crippen molar-refractivity contribution in [1.82, 2.24) is 10.2 Å². The molecule has 0 aromatic carbocycles. The molecule has 0 bridgehead atoms. The molecule has 0 unspecified atom stereocenters. The third-order valence-corrected chi connectivity index (χ3v) is 7.54. The molecule has 1 heterocycles. The maximum absolute atomic E-state index is 12.2. The number of rotatable bonds is 25. The van der Waals surface area contributed by atoms with Gasteiger partial charge in [-0.05, 0) is 51.4 Å². The highest BCUT2D eigenvalue weighted by atomic mass is 16.1. The number of hydrogen-bond acceptors (Lipinski definition) is 2. The van der Waals surface area contributed by atoms with Crippen molar-refractivity contribution in [3.05, 3.63) is 24.3 Å². The van der Waals surface area contributed by atoms with E-state index in [0.717, 1.165) is 32.6 Å². The summed E-state index contributed by atoms with van der Waals surface area (Å²) in [5.74, 6) is 1.71. The Labute approximate surface area is 231 Å². The Bertz CT molecular complexity index is 637. The molecule has 1 amide bonds. The van der Waals surface area contributed by atoms with Crippen molar-refractivity contribution in [2.45, 2.75) is 142 Å². The first-order chi connectivity index (χ1) is 18.2. The molecule has 1 aliphatic heterocycles. The van der Waals surface area contributed by atoms with Gasteiger partial charge in [-0.25, -0.2) is 0 Å². The van der Waals surface area contributed by atoms with E-state index in [0.29, 0.717) is 6.42 Å². The molecule has 0 saturated heterocycles. The normalized spacial score (nSPS) is 14.1. The van der Waals surface area contributed by atoms with Gasteiger partial charge in [0.1, 0.15) is 19.6 Å². The third-order valence-electron chi connectivity index (χ3n) is 7.54. The van der Waals surface area contributed by atoms with Crippen LogP contribution in [0.4, 0.5) is 0 Å². The number of carbonyl (C=O) groups excluding carboxylic acids is 1. The number of allylic oxidation sites excluding steroid dienone is 4. The lowest BCUT2D eigenvalue weighted by Gasteiger charge is -2.14. The first kappa shape index (κ1) is 33.4. The summed E-state index contributed by atoms with van der Waals surface area (Å²) in [6.45, 7) is 8.43. The van der Waals surface area contributed by atoms with Gasteiger partial charge in [0.15, 0.2) is 0 Å². The molecular weight excluding hydrogens is 454 g/mol. The van der Waals surface area contributed by atoms with E-state index in [4.69, 9.17) is 0 Å². The second-order valence-electron chi connectivity index (χ2n) is 11.0.